The summed E-state index contributed by atoms with van der Waals surface area (Å²) in [6, 6.07) is 31.9. The van der Waals surface area contributed by atoms with E-state index in [0.717, 1.165) is 33.3 Å². The van der Waals surface area contributed by atoms with E-state index < -0.39 is 0 Å². The summed E-state index contributed by atoms with van der Waals surface area (Å²) in [4.78, 5) is 22.7. The molecule has 0 spiro atoms. The maximum Gasteiger partial charge on any atom is 0.252 e. The minimum atomic E-state index is -0.159. The number of aryl methyl sites for hydroxylation is 1. The summed E-state index contributed by atoms with van der Waals surface area (Å²) in [5.41, 5.74) is 6.43. The molecule has 2 aromatic heterocycles. The van der Waals surface area contributed by atoms with Crippen molar-refractivity contribution in [2.75, 3.05) is 0 Å². The van der Waals surface area contributed by atoms with Crippen molar-refractivity contribution in [1.29, 1.82) is 0 Å². The standard InChI is InChI=1S/C30H25N3O/c1-21-12-13-27-25(18-21)26(20-29(32-27)24-14-16-31-17-15-24)30(34)33-28(23-10-6-3-7-11-23)19-22-8-4-2-5-9-22/h2-18,20,28H,19H2,1H3,(H,33,34). The molecule has 1 amide bonds. The number of hydrogen-bond donors (Lipinski definition) is 1. The van der Waals surface area contributed by atoms with Crippen molar-refractivity contribution in [2.24, 2.45) is 0 Å². The van der Waals surface area contributed by atoms with Crippen LogP contribution in [0.3, 0.4) is 0 Å². The highest BCUT2D eigenvalue weighted by atomic mass is 16.1. The predicted molar refractivity (Wildman–Crippen MR) is 137 cm³/mol. The van der Waals surface area contributed by atoms with Gasteiger partial charge in [0.2, 0.25) is 0 Å². The summed E-state index contributed by atoms with van der Waals surface area (Å²) < 4.78 is 0. The minimum absolute atomic E-state index is 0.113. The van der Waals surface area contributed by atoms with Crippen LogP contribution in [0.5, 0.6) is 0 Å². The molecule has 3 aromatic carbocycles. The molecule has 5 rings (SSSR count). The second-order valence-corrected chi connectivity index (χ2v) is 8.44. The molecule has 4 nitrogen and oxygen atoms in total. The fourth-order valence-electron chi connectivity index (χ4n) is 4.22. The molecule has 0 fully saturated rings. The van der Waals surface area contributed by atoms with Crippen LogP contribution in [0.4, 0.5) is 0 Å². The Morgan fingerprint density at radius 1 is 0.853 bits per heavy atom. The fraction of sp³-hybridized carbons (Fsp3) is 0.100. The van der Waals surface area contributed by atoms with E-state index in [0.29, 0.717) is 12.0 Å². The number of nitrogens with zero attached hydrogens (tertiary/aromatic N) is 2. The third-order valence-corrected chi connectivity index (χ3v) is 5.97. The predicted octanol–water partition coefficient (Wildman–Crippen LogP) is 6.32. The first kappa shape index (κ1) is 21.5. The number of amides is 1. The molecule has 1 unspecified atom stereocenters. The van der Waals surface area contributed by atoms with Crippen LogP contribution in [0.1, 0.15) is 33.1 Å². The lowest BCUT2D eigenvalue weighted by Gasteiger charge is -2.20. The Labute approximate surface area is 199 Å². The molecule has 0 aliphatic heterocycles. The van der Waals surface area contributed by atoms with Crippen molar-refractivity contribution in [3.8, 4) is 11.3 Å². The molecule has 2 heterocycles. The van der Waals surface area contributed by atoms with E-state index in [1.165, 1.54) is 5.56 Å². The van der Waals surface area contributed by atoms with Crippen LogP contribution in [-0.4, -0.2) is 15.9 Å². The van der Waals surface area contributed by atoms with Crippen LogP contribution < -0.4 is 5.32 Å². The Bertz CT molecular complexity index is 1420. The van der Waals surface area contributed by atoms with Crippen LogP contribution >= 0.6 is 0 Å². The van der Waals surface area contributed by atoms with E-state index in [-0.39, 0.29) is 11.9 Å². The molecule has 4 heteroatoms. The van der Waals surface area contributed by atoms with Crippen LogP contribution in [-0.2, 0) is 6.42 Å². The SMILES string of the molecule is Cc1ccc2nc(-c3ccncc3)cc(C(=O)NC(Cc3ccccc3)c3ccccc3)c2c1. The van der Waals surface area contributed by atoms with Crippen molar-refractivity contribution in [3.05, 3.63) is 132 Å². The lowest BCUT2D eigenvalue weighted by Crippen LogP contribution is -2.30. The van der Waals surface area contributed by atoms with Crippen molar-refractivity contribution in [3.63, 3.8) is 0 Å². The first-order chi connectivity index (χ1) is 16.7. The molecular formula is C30H25N3O. The lowest BCUT2D eigenvalue weighted by atomic mass is 9.97. The van der Waals surface area contributed by atoms with E-state index in [4.69, 9.17) is 4.98 Å². The highest BCUT2D eigenvalue weighted by molar-refractivity contribution is 6.07. The van der Waals surface area contributed by atoms with E-state index in [9.17, 15) is 4.79 Å². The van der Waals surface area contributed by atoms with Crippen LogP contribution in [0, 0.1) is 6.92 Å². The van der Waals surface area contributed by atoms with Gasteiger partial charge in [0, 0.05) is 23.3 Å². The van der Waals surface area contributed by atoms with Gasteiger partial charge in [-0.15, -0.1) is 0 Å². The average molecular weight is 444 g/mol. The van der Waals surface area contributed by atoms with Gasteiger partial charge in [-0.2, -0.15) is 0 Å². The number of aromatic nitrogens is 2. The van der Waals surface area contributed by atoms with Gasteiger partial charge in [-0.25, -0.2) is 4.98 Å². The van der Waals surface area contributed by atoms with Gasteiger partial charge in [0.25, 0.3) is 5.91 Å². The topological polar surface area (TPSA) is 54.9 Å². The Morgan fingerprint density at radius 3 is 2.29 bits per heavy atom. The number of benzene rings is 3. The number of pyridine rings is 2. The molecule has 0 aliphatic carbocycles. The van der Waals surface area contributed by atoms with Crippen molar-refractivity contribution in [2.45, 2.75) is 19.4 Å². The van der Waals surface area contributed by atoms with E-state index in [1.54, 1.807) is 12.4 Å². The van der Waals surface area contributed by atoms with E-state index in [1.807, 2.05) is 79.7 Å². The first-order valence-corrected chi connectivity index (χ1v) is 11.4. The van der Waals surface area contributed by atoms with E-state index >= 15 is 0 Å². The minimum Gasteiger partial charge on any atom is -0.345 e. The van der Waals surface area contributed by atoms with Gasteiger partial charge in [-0.05, 0) is 54.8 Å². The summed E-state index contributed by atoms with van der Waals surface area (Å²) in [7, 11) is 0. The number of carbonyl (C=O) groups is 1. The molecule has 0 radical (unpaired) electrons. The summed E-state index contributed by atoms with van der Waals surface area (Å²) >= 11 is 0. The molecule has 34 heavy (non-hydrogen) atoms. The number of hydrogen-bond acceptors (Lipinski definition) is 3. The first-order valence-electron chi connectivity index (χ1n) is 11.4. The summed E-state index contributed by atoms with van der Waals surface area (Å²) in [6.45, 7) is 2.03. The second-order valence-electron chi connectivity index (χ2n) is 8.44. The van der Waals surface area contributed by atoms with Gasteiger partial charge in [0.05, 0.1) is 22.8 Å². The molecule has 0 aliphatic rings. The largest absolute Gasteiger partial charge is 0.345 e. The quantitative estimate of drug-likeness (QED) is 0.334. The highest BCUT2D eigenvalue weighted by Gasteiger charge is 2.20. The van der Waals surface area contributed by atoms with Gasteiger partial charge in [0.1, 0.15) is 0 Å². The smallest absolute Gasteiger partial charge is 0.252 e. The van der Waals surface area contributed by atoms with Crippen LogP contribution in [0.15, 0.2) is 109 Å². The van der Waals surface area contributed by atoms with Gasteiger partial charge in [-0.3, -0.25) is 9.78 Å². The zero-order chi connectivity index (χ0) is 23.3. The number of nitrogens with one attached hydrogen (secondary N) is 1. The lowest BCUT2D eigenvalue weighted by molar-refractivity contribution is 0.0938. The Morgan fingerprint density at radius 2 is 1.56 bits per heavy atom. The third-order valence-electron chi connectivity index (χ3n) is 5.97. The summed E-state index contributed by atoms with van der Waals surface area (Å²) in [5, 5.41) is 4.16. The van der Waals surface area contributed by atoms with Crippen molar-refractivity contribution in [1.82, 2.24) is 15.3 Å². The zero-order valence-corrected chi connectivity index (χ0v) is 19.0. The summed E-state index contributed by atoms with van der Waals surface area (Å²) in [6.07, 6.45) is 4.18. The van der Waals surface area contributed by atoms with Crippen molar-refractivity contribution >= 4 is 16.8 Å². The molecule has 0 saturated heterocycles. The molecule has 0 bridgehead atoms. The molecule has 5 aromatic rings. The molecule has 0 saturated carbocycles. The average Bonchev–Trinajstić information content (AvgIpc) is 2.89. The second kappa shape index (κ2) is 9.67. The molecule has 1 N–H and O–H groups in total. The third kappa shape index (κ3) is 4.71. The van der Waals surface area contributed by atoms with Crippen LogP contribution in [0.2, 0.25) is 0 Å². The van der Waals surface area contributed by atoms with Gasteiger partial charge in [-0.1, -0.05) is 72.3 Å². The summed E-state index contributed by atoms with van der Waals surface area (Å²) in [5.74, 6) is -0.113. The molecule has 166 valence electrons. The Hall–Kier alpha value is -4.31. The Kier molecular flexibility index (Phi) is 6.13. The van der Waals surface area contributed by atoms with Crippen molar-refractivity contribution < 1.29 is 4.79 Å². The monoisotopic (exact) mass is 443 g/mol. The fourth-order valence-corrected chi connectivity index (χ4v) is 4.22. The maximum absolute atomic E-state index is 13.8. The highest BCUT2D eigenvalue weighted by Crippen LogP contribution is 2.27. The number of carbonyl (C=O) groups excluding carboxylic acids is 1. The van der Waals surface area contributed by atoms with Crippen LogP contribution in [0.25, 0.3) is 22.2 Å². The van der Waals surface area contributed by atoms with E-state index in [2.05, 4.69) is 34.6 Å². The molecular weight excluding hydrogens is 418 g/mol. The van der Waals surface area contributed by atoms with Gasteiger partial charge < -0.3 is 5.32 Å². The molecule has 1 atom stereocenters. The van der Waals surface area contributed by atoms with Gasteiger partial charge >= 0.3 is 0 Å². The maximum atomic E-state index is 13.8. The van der Waals surface area contributed by atoms with Gasteiger partial charge in [0.15, 0.2) is 0 Å². The zero-order valence-electron chi connectivity index (χ0n) is 19.0. The number of rotatable bonds is 6. The Balaban J connectivity index is 1.56. The number of fused-ring (bicyclic) bond motifs is 1. The normalized spacial score (nSPS) is 11.8.